The summed E-state index contributed by atoms with van der Waals surface area (Å²) in [5.41, 5.74) is 2.92. The third-order valence-electron chi connectivity index (χ3n) is 6.52. The molecule has 5 rings (SSSR count). The van der Waals surface area contributed by atoms with Crippen molar-refractivity contribution in [2.75, 3.05) is 31.1 Å². The summed E-state index contributed by atoms with van der Waals surface area (Å²) in [5, 5.41) is 10.9. The fraction of sp³-hybridized carbons (Fsp3) is 0.231. The number of carbonyl (C=O) groups excluding carboxylic acids is 1. The molecule has 4 aromatic rings. The van der Waals surface area contributed by atoms with Crippen molar-refractivity contribution in [1.82, 2.24) is 14.3 Å². The topological polar surface area (TPSA) is 84.0 Å². The maximum absolute atomic E-state index is 14.8. The Morgan fingerprint density at radius 3 is 2.43 bits per heavy atom. The number of nitro groups is 1. The Kier molecular flexibility index (Phi) is 6.13. The molecule has 0 N–H and O–H groups in total. The third-order valence-corrected chi connectivity index (χ3v) is 6.52. The molecule has 35 heavy (non-hydrogen) atoms. The van der Waals surface area contributed by atoms with Crippen molar-refractivity contribution in [3.05, 3.63) is 106 Å². The zero-order valence-corrected chi connectivity index (χ0v) is 19.0. The number of nitro benzene ring substituents is 1. The molecular formula is C26H24FN5O3. The number of rotatable bonds is 6. The highest BCUT2D eigenvalue weighted by Gasteiger charge is 2.28. The van der Waals surface area contributed by atoms with Gasteiger partial charge in [-0.25, -0.2) is 9.37 Å². The van der Waals surface area contributed by atoms with Crippen LogP contribution in [0.25, 0.3) is 5.65 Å². The highest BCUT2D eigenvalue weighted by atomic mass is 19.1. The lowest BCUT2D eigenvalue weighted by molar-refractivity contribution is -0.384. The van der Waals surface area contributed by atoms with E-state index in [1.54, 1.807) is 41.4 Å². The third kappa shape index (κ3) is 4.57. The molecule has 1 fully saturated rings. The maximum atomic E-state index is 14.8. The average Bonchev–Trinajstić information content (AvgIpc) is 3.32. The molecule has 1 atom stereocenters. The minimum absolute atomic E-state index is 0.0486. The van der Waals surface area contributed by atoms with E-state index in [1.807, 2.05) is 28.8 Å². The van der Waals surface area contributed by atoms with Crippen molar-refractivity contribution >= 4 is 22.9 Å². The molecule has 3 heterocycles. The Labute approximate surface area is 201 Å². The molecule has 0 bridgehead atoms. The molecule has 0 spiro atoms. The predicted molar refractivity (Wildman–Crippen MR) is 130 cm³/mol. The van der Waals surface area contributed by atoms with E-state index in [0.717, 1.165) is 17.0 Å². The van der Waals surface area contributed by atoms with E-state index in [1.165, 1.54) is 18.2 Å². The summed E-state index contributed by atoms with van der Waals surface area (Å²) in [7, 11) is 0. The van der Waals surface area contributed by atoms with Crippen LogP contribution in [-0.4, -0.2) is 51.3 Å². The average molecular weight is 474 g/mol. The lowest BCUT2D eigenvalue weighted by Crippen LogP contribution is -2.49. The smallest absolute Gasteiger partial charge is 0.269 e. The normalized spacial score (nSPS) is 14.8. The van der Waals surface area contributed by atoms with Gasteiger partial charge in [-0.3, -0.25) is 14.9 Å². The predicted octanol–water partition coefficient (Wildman–Crippen LogP) is 4.25. The standard InChI is InChI=1S/C26H24FN5O3/c27-23-6-2-1-5-21(23)22(24-18-28-25-7-3-4-12-31(24)25)17-26(33)30-15-13-29(14-16-30)19-8-10-20(11-9-19)32(34)35/h1-12,18,22H,13-17H2. The zero-order valence-electron chi connectivity index (χ0n) is 19.0. The molecular weight excluding hydrogens is 449 g/mol. The maximum Gasteiger partial charge on any atom is 0.269 e. The van der Waals surface area contributed by atoms with Crippen molar-refractivity contribution in [2.45, 2.75) is 12.3 Å². The van der Waals surface area contributed by atoms with Crippen LogP contribution in [0, 0.1) is 15.9 Å². The molecule has 1 unspecified atom stereocenters. The Morgan fingerprint density at radius 2 is 1.71 bits per heavy atom. The molecule has 8 nitrogen and oxygen atoms in total. The number of fused-ring (bicyclic) bond motifs is 1. The van der Waals surface area contributed by atoms with Gasteiger partial charge in [0.15, 0.2) is 0 Å². The van der Waals surface area contributed by atoms with Crippen LogP contribution in [0.15, 0.2) is 79.1 Å². The van der Waals surface area contributed by atoms with E-state index in [-0.39, 0.29) is 23.8 Å². The van der Waals surface area contributed by atoms with Crippen molar-refractivity contribution in [1.29, 1.82) is 0 Å². The Bertz CT molecular complexity index is 1360. The van der Waals surface area contributed by atoms with E-state index in [0.29, 0.717) is 31.7 Å². The molecule has 1 saturated heterocycles. The number of carbonyl (C=O) groups is 1. The number of nitrogens with zero attached hydrogens (tertiary/aromatic N) is 5. The number of imidazole rings is 1. The molecule has 2 aromatic heterocycles. The summed E-state index contributed by atoms with van der Waals surface area (Å²) in [5.74, 6) is -0.875. The van der Waals surface area contributed by atoms with E-state index < -0.39 is 10.8 Å². The van der Waals surface area contributed by atoms with Gasteiger partial charge in [0.2, 0.25) is 5.91 Å². The fourth-order valence-corrected chi connectivity index (χ4v) is 4.64. The quantitative estimate of drug-likeness (QED) is 0.309. The molecule has 1 amide bonds. The van der Waals surface area contributed by atoms with Crippen LogP contribution >= 0.6 is 0 Å². The summed E-state index contributed by atoms with van der Waals surface area (Å²) in [6, 6.07) is 18.6. The molecule has 1 aliphatic rings. The van der Waals surface area contributed by atoms with Crippen molar-refractivity contribution < 1.29 is 14.1 Å². The number of non-ortho nitro benzene ring substituents is 1. The Hall–Kier alpha value is -4.27. The van der Waals surface area contributed by atoms with Gasteiger partial charge in [-0.2, -0.15) is 0 Å². The SMILES string of the molecule is O=C(CC(c1ccccc1F)c1cnc2ccccn12)N1CCN(c2ccc([N+](=O)[O-])cc2)CC1. The van der Waals surface area contributed by atoms with Crippen LogP contribution in [0.3, 0.4) is 0 Å². The lowest BCUT2D eigenvalue weighted by Gasteiger charge is -2.36. The van der Waals surface area contributed by atoms with Gasteiger partial charge in [0.05, 0.1) is 10.6 Å². The molecule has 0 aliphatic carbocycles. The monoisotopic (exact) mass is 473 g/mol. The Morgan fingerprint density at radius 1 is 1.00 bits per heavy atom. The number of aromatic nitrogens is 2. The minimum Gasteiger partial charge on any atom is -0.368 e. The van der Waals surface area contributed by atoms with Crippen LogP contribution in [0.2, 0.25) is 0 Å². The van der Waals surface area contributed by atoms with Gasteiger partial charge >= 0.3 is 0 Å². The number of anilines is 1. The Balaban J connectivity index is 1.33. The molecule has 2 aromatic carbocycles. The second kappa shape index (κ2) is 9.54. The second-order valence-electron chi connectivity index (χ2n) is 8.53. The van der Waals surface area contributed by atoms with Gasteiger partial charge in [-0.15, -0.1) is 0 Å². The summed E-state index contributed by atoms with van der Waals surface area (Å²) in [6.45, 7) is 2.27. The fourth-order valence-electron chi connectivity index (χ4n) is 4.64. The number of amides is 1. The first-order chi connectivity index (χ1) is 17.0. The number of halogens is 1. The number of pyridine rings is 1. The largest absolute Gasteiger partial charge is 0.368 e. The summed E-state index contributed by atoms with van der Waals surface area (Å²) < 4.78 is 16.7. The van der Waals surface area contributed by atoms with Crippen molar-refractivity contribution in [3.63, 3.8) is 0 Å². The second-order valence-corrected chi connectivity index (χ2v) is 8.53. The number of hydrogen-bond acceptors (Lipinski definition) is 5. The highest BCUT2D eigenvalue weighted by Crippen LogP contribution is 2.31. The first-order valence-corrected chi connectivity index (χ1v) is 11.4. The number of piperazine rings is 1. The van der Waals surface area contributed by atoms with Crippen LogP contribution in [-0.2, 0) is 4.79 Å². The minimum atomic E-state index is -0.478. The molecule has 0 radical (unpaired) electrons. The van der Waals surface area contributed by atoms with Gasteiger partial charge in [-0.1, -0.05) is 24.3 Å². The van der Waals surface area contributed by atoms with E-state index in [9.17, 15) is 19.3 Å². The van der Waals surface area contributed by atoms with Crippen LogP contribution < -0.4 is 4.90 Å². The molecule has 1 aliphatic heterocycles. The lowest BCUT2D eigenvalue weighted by atomic mass is 9.91. The zero-order chi connectivity index (χ0) is 24.4. The van der Waals surface area contributed by atoms with Gasteiger partial charge in [0.25, 0.3) is 5.69 Å². The van der Waals surface area contributed by atoms with E-state index >= 15 is 0 Å². The molecule has 178 valence electrons. The van der Waals surface area contributed by atoms with Crippen molar-refractivity contribution in [2.24, 2.45) is 0 Å². The number of hydrogen-bond donors (Lipinski definition) is 0. The number of benzene rings is 2. The first-order valence-electron chi connectivity index (χ1n) is 11.4. The van der Waals surface area contributed by atoms with Gasteiger partial charge in [-0.05, 0) is 35.9 Å². The van der Waals surface area contributed by atoms with Crippen molar-refractivity contribution in [3.8, 4) is 0 Å². The summed E-state index contributed by atoms with van der Waals surface area (Å²) in [4.78, 5) is 32.2. The molecule has 0 saturated carbocycles. The van der Waals surface area contributed by atoms with Crippen LogP contribution in [0.1, 0.15) is 23.6 Å². The van der Waals surface area contributed by atoms with Crippen LogP contribution in [0.5, 0.6) is 0 Å². The van der Waals surface area contributed by atoms with Crippen LogP contribution in [0.4, 0.5) is 15.8 Å². The van der Waals surface area contributed by atoms with Gasteiger partial charge in [0.1, 0.15) is 11.5 Å². The highest BCUT2D eigenvalue weighted by molar-refractivity contribution is 5.78. The summed E-state index contributed by atoms with van der Waals surface area (Å²) >= 11 is 0. The van der Waals surface area contributed by atoms with Gasteiger partial charge in [0, 0.05) is 68.7 Å². The molecule has 9 heteroatoms. The summed E-state index contributed by atoms with van der Waals surface area (Å²) in [6.07, 6.45) is 3.71. The first kappa shape index (κ1) is 22.5. The van der Waals surface area contributed by atoms with E-state index in [4.69, 9.17) is 0 Å². The van der Waals surface area contributed by atoms with E-state index in [2.05, 4.69) is 9.88 Å². The van der Waals surface area contributed by atoms with Gasteiger partial charge < -0.3 is 14.2 Å².